The van der Waals surface area contributed by atoms with Crippen LogP contribution in [0.15, 0.2) is 28.8 Å². The molecule has 2 heterocycles. The fourth-order valence-corrected chi connectivity index (χ4v) is 2.70. The summed E-state index contributed by atoms with van der Waals surface area (Å²) in [7, 11) is 0. The van der Waals surface area contributed by atoms with Crippen molar-refractivity contribution in [1.82, 2.24) is 20.4 Å². The highest BCUT2D eigenvalue weighted by atomic mass is 16.5. The maximum absolute atomic E-state index is 12.9. The second-order valence-corrected chi connectivity index (χ2v) is 7.40. The number of amides is 3. The topological polar surface area (TPSA) is 112 Å². The monoisotopic (exact) mass is 353 g/mol. The largest absolute Gasteiger partial charge is 0.339 e. The molecule has 8 nitrogen and oxygen atoms in total. The number of nitrogens with zero attached hydrogens (tertiary/aromatic N) is 4. The molecule has 1 aromatic heterocycles. The molecule has 1 unspecified atom stereocenters. The number of carbonyl (C=O) groups excluding carboxylic acids is 2. The molecule has 134 valence electrons. The van der Waals surface area contributed by atoms with Crippen LogP contribution in [0.4, 0.5) is 4.79 Å². The van der Waals surface area contributed by atoms with Crippen LogP contribution >= 0.6 is 0 Å². The third kappa shape index (κ3) is 2.92. The lowest BCUT2D eigenvalue weighted by atomic mass is 9.91. The van der Waals surface area contributed by atoms with Crippen molar-refractivity contribution in [2.45, 2.75) is 45.2 Å². The third-order valence-electron chi connectivity index (χ3n) is 4.25. The number of hydrogen-bond donors (Lipinski definition) is 1. The van der Waals surface area contributed by atoms with E-state index in [1.807, 2.05) is 26.8 Å². The Hall–Kier alpha value is -3.21. The highest BCUT2D eigenvalue weighted by molar-refractivity contribution is 6.07. The van der Waals surface area contributed by atoms with Gasteiger partial charge in [-0.15, -0.1) is 0 Å². The molecular weight excluding hydrogens is 334 g/mol. The van der Waals surface area contributed by atoms with Gasteiger partial charge in [0.05, 0.1) is 18.2 Å². The van der Waals surface area contributed by atoms with Crippen molar-refractivity contribution in [2.75, 3.05) is 0 Å². The minimum absolute atomic E-state index is 0.0855. The lowest BCUT2D eigenvalue weighted by Gasteiger charge is -2.22. The third-order valence-corrected chi connectivity index (χ3v) is 4.25. The minimum atomic E-state index is -1.25. The van der Waals surface area contributed by atoms with Gasteiger partial charge in [-0.05, 0) is 24.6 Å². The molecule has 26 heavy (non-hydrogen) atoms. The van der Waals surface area contributed by atoms with Gasteiger partial charge in [0.2, 0.25) is 5.89 Å². The summed E-state index contributed by atoms with van der Waals surface area (Å²) in [5.74, 6) is 0.261. The van der Waals surface area contributed by atoms with Crippen LogP contribution in [0.2, 0.25) is 0 Å². The van der Waals surface area contributed by atoms with E-state index in [1.165, 1.54) is 0 Å². The second-order valence-electron chi connectivity index (χ2n) is 7.40. The fraction of sp³-hybridized carbons (Fsp3) is 0.389. The van der Waals surface area contributed by atoms with Crippen LogP contribution in [0.3, 0.4) is 0 Å². The quantitative estimate of drug-likeness (QED) is 0.847. The van der Waals surface area contributed by atoms with E-state index in [4.69, 9.17) is 9.78 Å². The number of aromatic nitrogens is 2. The molecule has 1 atom stereocenters. The maximum atomic E-state index is 12.9. The smallest absolute Gasteiger partial charge is 0.325 e. The molecule has 1 aliphatic heterocycles. The number of hydrogen-bond acceptors (Lipinski definition) is 6. The molecule has 0 spiro atoms. The van der Waals surface area contributed by atoms with Crippen molar-refractivity contribution in [1.29, 1.82) is 5.26 Å². The van der Waals surface area contributed by atoms with E-state index in [0.717, 1.165) is 4.90 Å². The first-order valence-electron chi connectivity index (χ1n) is 8.13. The second kappa shape index (κ2) is 5.95. The van der Waals surface area contributed by atoms with Crippen LogP contribution < -0.4 is 5.32 Å². The van der Waals surface area contributed by atoms with Crippen molar-refractivity contribution < 1.29 is 14.1 Å². The molecule has 2 aromatic rings. The number of nitriles is 1. The Bertz CT molecular complexity index is 921. The van der Waals surface area contributed by atoms with Gasteiger partial charge in [-0.25, -0.2) is 4.79 Å². The molecular formula is C18H19N5O3. The highest BCUT2D eigenvalue weighted by Crippen LogP contribution is 2.30. The van der Waals surface area contributed by atoms with Gasteiger partial charge in [-0.2, -0.15) is 10.2 Å². The number of imide groups is 1. The van der Waals surface area contributed by atoms with Gasteiger partial charge >= 0.3 is 6.03 Å². The van der Waals surface area contributed by atoms with Crippen molar-refractivity contribution >= 4 is 11.9 Å². The summed E-state index contributed by atoms with van der Waals surface area (Å²) in [6.45, 7) is 7.31. The summed E-state index contributed by atoms with van der Waals surface area (Å²) in [4.78, 5) is 30.6. The fourth-order valence-electron chi connectivity index (χ4n) is 2.70. The Kier molecular flexibility index (Phi) is 4.03. The van der Waals surface area contributed by atoms with E-state index in [1.54, 1.807) is 31.2 Å². The first-order valence-corrected chi connectivity index (χ1v) is 8.13. The molecule has 0 bridgehead atoms. The van der Waals surface area contributed by atoms with Gasteiger partial charge in [-0.3, -0.25) is 9.69 Å². The summed E-state index contributed by atoms with van der Waals surface area (Å²) in [5, 5.41) is 15.6. The first-order chi connectivity index (χ1) is 12.1. The molecule has 0 radical (unpaired) electrons. The van der Waals surface area contributed by atoms with Crippen LogP contribution in [-0.2, 0) is 22.3 Å². The van der Waals surface area contributed by atoms with E-state index >= 15 is 0 Å². The summed E-state index contributed by atoms with van der Waals surface area (Å²) < 4.78 is 5.21. The lowest BCUT2D eigenvalue weighted by Crippen LogP contribution is -2.40. The van der Waals surface area contributed by atoms with E-state index in [9.17, 15) is 9.59 Å². The number of urea groups is 1. The van der Waals surface area contributed by atoms with Gasteiger partial charge in [0, 0.05) is 5.41 Å². The van der Waals surface area contributed by atoms with E-state index < -0.39 is 17.5 Å². The molecule has 3 rings (SSSR count). The van der Waals surface area contributed by atoms with Crippen LogP contribution in [0.1, 0.15) is 50.5 Å². The maximum Gasteiger partial charge on any atom is 0.325 e. The van der Waals surface area contributed by atoms with Crippen LogP contribution in [-0.4, -0.2) is 27.0 Å². The highest BCUT2D eigenvalue weighted by Gasteiger charge is 2.49. The molecule has 1 aliphatic rings. The van der Waals surface area contributed by atoms with Gasteiger partial charge < -0.3 is 9.84 Å². The molecule has 1 N–H and O–H groups in total. The normalized spacial score (nSPS) is 20.2. The van der Waals surface area contributed by atoms with Gasteiger partial charge in [-0.1, -0.05) is 38.1 Å². The SMILES string of the molecule is CC(C)(C)c1nc(CN2C(=O)NC(C)(c3cccc(C#N)c3)C2=O)no1. The Morgan fingerprint density at radius 2 is 2.08 bits per heavy atom. The molecule has 1 saturated heterocycles. The Morgan fingerprint density at radius 1 is 1.35 bits per heavy atom. The molecule has 3 amide bonds. The molecule has 1 aromatic carbocycles. The van der Waals surface area contributed by atoms with Crippen molar-refractivity contribution in [2.24, 2.45) is 0 Å². The molecule has 0 aliphatic carbocycles. The molecule has 8 heteroatoms. The zero-order chi connectivity index (χ0) is 19.1. The summed E-state index contributed by atoms with van der Waals surface area (Å²) in [5.41, 5.74) is -0.618. The number of carbonyl (C=O) groups is 2. The van der Waals surface area contributed by atoms with Gasteiger partial charge in [0.25, 0.3) is 5.91 Å². The number of rotatable bonds is 3. The van der Waals surface area contributed by atoms with Crippen LogP contribution in [0.25, 0.3) is 0 Å². The first kappa shape index (κ1) is 17.6. The van der Waals surface area contributed by atoms with Gasteiger partial charge in [0.1, 0.15) is 5.54 Å². The lowest BCUT2D eigenvalue weighted by molar-refractivity contribution is -0.131. The average Bonchev–Trinajstić information content (AvgIpc) is 3.15. The number of benzene rings is 1. The average molecular weight is 353 g/mol. The van der Waals surface area contributed by atoms with Crippen molar-refractivity contribution in [3.05, 3.63) is 47.1 Å². The summed E-state index contributed by atoms with van der Waals surface area (Å²) >= 11 is 0. The molecule has 0 saturated carbocycles. The number of nitrogens with one attached hydrogen (secondary N) is 1. The predicted octanol–water partition coefficient (Wildman–Crippen LogP) is 2.21. The Balaban J connectivity index is 1.87. The van der Waals surface area contributed by atoms with Crippen LogP contribution in [0.5, 0.6) is 0 Å². The zero-order valence-corrected chi connectivity index (χ0v) is 15.0. The van der Waals surface area contributed by atoms with Crippen molar-refractivity contribution in [3.63, 3.8) is 0 Å². The summed E-state index contributed by atoms with van der Waals surface area (Å²) in [6.07, 6.45) is 0. The van der Waals surface area contributed by atoms with E-state index in [0.29, 0.717) is 17.0 Å². The predicted molar refractivity (Wildman–Crippen MR) is 90.6 cm³/mol. The Labute approximate surface area is 150 Å². The van der Waals surface area contributed by atoms with E-state index in [2.05, 4.69) is 15.5 Å². The minimum Gasteiger partial charge on any atom is -0.339 e. The molecule has 1 fully saturated rings. The van der Waals surface area contributed by atoms with E-state index in [-0.39, 0.29) is 17.8 Å². The van der Waals surface area contributed by atoms with Gasteiger partial charge in [0.15, 0.2) is 5.82 Å². The summed E-state index contributed by atoms with van der Waals surface area (Å²) in [6, 6.07) is 8.10. The Morgan fingerprint density at radius 3 is 2.69 bits per heavy atom. The standard InChI is InChI=1S/C18H19N5O3/c1-17(2,3)14-20-13(22-26-14)10-23-15(24)18(4,21-16(23)25)12-7-5-6-11(8-12)9-19/h5-8H,10H2,1-4H3,(H,21,25). The van der Waals surface area contributed by atoms with Crippen LogP contribution in [0, 0.1) is 11.3 Å². The zero-order valence-electron chi connectivity index (χ0n) is 15.0. The van der Waals surface area contributed by atoms with Crippen molar-refractivity contribution in [3.8, 4) is 6.07 Å².